The first-order chi connectivity index (χ1) is 8.72. The molecule has 18 heavy (non-hydrogen) atoms. The van der Waals surface area contributed by atoms with E-state index < -0.39 is 0 Å². The fourth-order valence-electron chi connectivity index (χ4n) is 2.48. The van der Waals surface area contributed by atoms with E-state index in [4.69, 9.17) is 9.47 Å². The highest BCUT2D eigenvalue weighted by molar-refractivity contribution is 4.87. The maximum atomic E-state index is 5.62. The first-order valence-corrected chi connectivity index (χ1v) is 7.59. The van der Waals surface area contributed by atoms with Crippen LogP contribution >= 0.6 is 0 Å². The van der Waals surface area contributed by atoms with Gasteiger partial charge in [0.1, 0.15) is 5.60 Å². The molecular weight excluding hydrogens is 226 g/mol. The van der Waals surface area contributed by atoms with Crippen LogP contribution in [0.5, 0.6) is 0 Å². The van der Waals surface area contributed by atoms with E-state index >= 15 is 0 Å². The van der Waals surface area contributed by atoms with Crippen molar-refractivity contribution in [3.63, 3.8) is 0 Å². The Kier molecular flexibility index (Phi) is 7.87. The van der Waals surface area contributed by atoms with Gasteiger partial charge in [0.05, 0.1) is 6.61 Å². The Hall–Kier alpha value is -0.120. The Bertz CT molecular complexity index is 203. The number of rotatable bonds is 10. The van der Waals surface area contributed by atoms with E-state index in [0.717, 1.165) is 26.2 Å². The van der Waals surface area contributed by atoms with Crippen LogP contribution in [0.1, 0.15) is 58.8 Å². The minimum absolute atomic E-state index is 0.0729. The third kappa shape index (κ3) is 5.68. The van der Waals surface area contributed by atoms with E-state index in [-0.39, 0.29) is 5.60 Å². The summed E-state index contributed by atoms with van der Waals surface area (Å²) in [5.74, 6) is 0. The summed E-state index contributed by atoms with van der Waals surface area (Å²) in [4.78, 5) is 0. The monoisotopic (exact) mass is 257 g/mol. The summed E-state index contributed by atoms with van der Waals surface area (Å²) in [7, 11) is 1.80. The zero-order valence-electron chi connectivity index (χ0n) is 12.5. The molecule has 108 valence electrons. The van der Waals surface area contributed by atoms with E-state index in [1.807, 2.05) is 0 Å². The minimum Gasteiger partial charge on any atom is -0.378 e. The lowest BCUT2D eigenvalue weighted by Gasteiger charge is -2.28. The van der Waals surface area contributed by atoms with Gasteiger partial charge in [0, 0.05) is 32.7 Å². The molecule has 1 N–H and O–H groups in total. The third-order valence-electron chi connectivity index (χ3n) is 4.01. The van der Waals surface area contributed by atoms with Crippen LogP contribution in [0.2, 0.25) is 0 Å². The zero-order valence-corrected chi connectivity index (χ0v) is 12.5. The second kappa shape index (κ2) is 8.89. The SMILES string of the molecule is CCCCCCCC(C)NCC1(OC)CCOC1. The molecule has 0 saturated carbocycles. The van der Waals surface area contributed by atoms with E-state index in [9.17, 15) is 0 Å². The summed E-state index contributed by atoms with van der Waals surface area (Å²) in [6, 6.07) is 0.583. The fourth-order valence-corrected chi connectivity index (χ4v) is 2.48. The molecule has 3 nitrogen and oxygen atoms in total. The van der Waals surface area contributed by atoms with Gasteiger partial charge in [-0.1, -0.05) is 39.0 Å². The molecule has 3 heteroatoms. The molecule has 0 aromatic carbocycles. The van der Waals surface area contributed by atoms with E-state index in [2.05, 4.69) is 19.2 Å². The lowest BCUT2D eigenvalue weighted by molar-refractivity contribution is -0.0173. The number of nitrogens with one attached hydrogen (secondary N) is 1. The summed E-state index contributed by atoms with van der Waals surface area (Å²) < 4.78 is 11.1. The van der Waals surface area contributed by atoms with Crippen LogP contribution in [0.3, 0.4) is 0 Å². The van der Waals surface area contributed by atoms with Gasteiger partial charge in [0.15, 0.2) is 0 Å². The average Bonchev–Trinajstić information content (AvgIpc) is 2.86. The molecular formula is C15H31NO2. The summed E-state index contributed by atoms with van der Waals surface area (Å²) in [6.07, 6.45) is 9.09. The van der Waals surface area contributed by atoms with Gasteiger partial charge in [-0.15, -0.1) is 0 Å². The van der Waals surface area contributed by atoms with Gasteiger partial charge in [0.2, 0.25) is 0 Å². The van der Waals surface area contributed by atoms with Crippen LogP contribution in [0.25, 0.3) is 0 Å². The zero-order chi connectivity index (χ0) is 13.3. The van der Waals surface area contributed by atoms with E-state index in [0.29, 0.717) is 6.04 Å². The number of hydrogen-bond acceptors (Lipinski definition) is 3. The van der Waals surface area contributed by atoms with E-state index in [1.54, 1.807) is 7.11 Å². The lowest BCUT2D eigenvalue weighted by atomic mass is 10.0. The predicted octanol–water partition coefficient (Wildman–Crippen LogP) is 3.13. The van der Waals surface area contributed by atoms with Crippen molar-refractivity contribution in [2.75, 3.05) is 26.9 Å². The maximum absolute atomic E-state index is 5.62. The summed E-state index contributed by atoms with van der Waals surface area (Å²) in [5, 5.41) is 3.60. The van der Waals surface area contributed by atoms with Crippen molar-refractivity contribution in [3.05, 3.63) is 0 Å². The molecule has 0 amide bonds. The van der Waals surface area contributed by atoms with Crippen molar-refractivity contribution < 1.29 is 9.47 Å². The number of unbranched alkanes of at least 4 members (excludes halogenated alkanes) is 4. The predicted molar refractivity (Wildman–Crippen MR) is 76.0 cm³/mol. The molecule has 0 bridgehead atoms. The van der Waals surface area contributed by atoms with Crippen molar-refractivity contribution in [2.24, 2.45) is 0 Å². The quantitative estimate of drug-likeness (QED) is 0.610. The van der Waals surface area contributed by atoms with Gasteiger partial charge < -0.3 is 14.8 Å². The molecule has 2 atom stereocenters. The van der Waals surface area contributed by atoms with Crippen molar-refractivity contribution in [1.82, 2.24) is 5.32 Å². The van der Waals surface area contributed by atoms with Gasteiger partial charge in [0.25, 0.3) is 0 Å². The van der Waals surface area contributed by atoms with Crippen molar-refractivity contribution in [1.29, 1.82) is 0 Å². The molecule has 0 aliphatic carbocycles. The minimum atomic E-state index is -0.0729. The second-order valence-electron chi connectivity index (χ2n) is 5.67. The fraction of sp³-hybridized carbons (Fsp3) is 1.00. The van der Waals surface area contributed by atoms with Gasteiger partial charge >= 0.3 is 0 Å². The number of ether oxygens (including phenoxy) is 2. The topological polar surface area (TPSA) is 30.5 Å². The Labute approximate surface area is 113 Å². The first kappa shape index (κ1) is 15.9. The van der Waals surface area contributed by atoms with E-state index in [1.165, 1.54) is 38.5 Å². The first-order valence-electron chi connectivity index (χ1n) is 7.59. The molecule has 1 aliphatic rings. The highest BCUT2D eigenvalue weighted by Gasteiger charge is 2.34. The molecule has 1 rings (SSSR count). The Morgan fingerprint density at radius 3 is 2.67 bits per heavy atom. The Balaban J connectivity index is 2.06. The van der Waals surface area contributed by atoms with Crippen LogP contribution in [0.15, 0.2) is 0 Å². The van der Waals surface area contributed by atoms with Crippen LogP contribution in [0, 0.1) is 0 Å². The molecule has 0 aromatic heterocycles. The summed E-state index contributed by atoms with van der Waals surface area (Å²) in [6.45, 7) is 7.03. The van der Waals surface area contributed by atoms with Crippen LogP contribution in [-0.2, 0) is 9.47 Å². The molecule has 0 aromatic rings. The third-order valence-corrected chi connectivity index (χ3v) is 4.01. The van der Waals surface area contributed by atoms with Gasteiger partial charge in [-0.2, -0.15) is 0 Å². The van der Waals surface area contributed by atoms with Gasteiger partial charge in [-0.05, 0) is 13.3 Å². The lowest BCUT2D eigenvalue weighted by Crippen LogP contribution is -2.45. The molecule has 0 spiro atoms. The van der Waals surface area contributed by atoms with Crippen LogP contribution in [-0.4, -0.2) is 38.5 Å². The highest BCUT2D eigenvalue weighted by atomic mass is 16.5. The largest absolute Gasteiger partial charge is 0.378 e. The standard InChI is InChI=1S/C15H31NO2/c1-4-5-6-7-8-9-14(2)16-12-15(17-3)10-11-18-13-15/h14,16H,4-13H2,1-3H3. The summed E-state index contributed by atoms with van der Waals surface area (Å²) >= 11 is 0. The van der Waals surface area contributed by atoms with Gasteiger partial charge in [-0.25, -0.2) is 0 Å². The van der Waals surface area contributed by atoms with Crippen molar-refractivity contribution in [3.8, 4) is 0 Å². The number of methoxy groups -OCH3 is 1. The molecule has 0 radical (unpaired) electrons. The molecule has 1 saturated heterocycles. The van der Waals surface area contributed by atoms with Crippen LogP contribution in [0.4, 0.5) is 0 Å². The highest BCUT2D eigenvalue weighted by Crippen LogP contribution is 2.21. The second-order valence-corrected chi connectivity index (χ2v) is 5.67. The van der Waals surface area contributed by atoms with Gasteiger partial charge in [-0.3, -0.25) is 0 Å². The molecule has 1 heterocycles. The van der Waals surface area contributed by atoms with Crippen molar-refractivity contribution >= 4 is 0 Å². The number of hydrogen-bond donors (Lipinski definition) is 1. The normalized spacial score (nSPS) is 25.5. The molecule has 1 aliphatic heterocycles. The smallest absolute Gasteiger partial charge is 0.106 e. The molecule has 2 unspecified atom stereocenters. The average molecular weight is 257 g/mol. The van der Waals surface area contributed by atoms with Crippen LogP contribution < -0.4 is 5.32 Å². The Morgan fingerprint density at radius 1 is 1.28 bits per heavy atom. The maximum Gasteiger partial charge on any atom is 0.106 e. The molecule has 1 fully saturated rings. The summed E-state index contributed by atoms with van der Waals surface area (Å²) in [5.41, 5.74) is -0.0729. The Morgan fingerprint density at radius 2 is 2.06 bits per heavy atom. The van der Waals surface area contributed by atoms with Crippen molar-refractivity contribution in [2.45, 2.75) is 70.4 Å².